The van der Waals surface area contributed by atoms with E-state index in [-0.39, 0.29) is 0 Å². The Balaban J connectivity index is 0.000000561. The molecule has 0 aromatic rings. The van der Waals surface area contributed by atoms with E-state index in [1.807, 2.05) is 5.98 Å². The van der Waals surface area contributed by atoms with Crippen molar-refractivity contribution in [2.45, 2.75) is 57.9 Å². The molecule has 0 saturated carbocycles. The van der Waals surface area contributed by atoms with Crippen LogP contribution in [0.3, 0.4) is 0 Å². The number of carbonyl (C=O) groups is 1. The Bertz CT molecular complexity index is 594. The fourth-order valence-corrected chi connectivity index (χ4v) is 2.01. The molecule has 5 nitrogen and oxygen atoms in total. The maximum Gasteiger partial charge on any atom is 0.522 e. The predicted molar refractivity (Wildman–Crippen MR) is 85.2 cm³/mol. The van der Waals surface area contributed by atoms with Gasteiger partial charge in [0.2, 0.25) is 0 Å². The number of aliphatic carboxylic acids is 1. The van der Waals surface area contributed by atoms with Crippen LogP contribution in [0, 0.1) is 0 Å². The van der Waals surface area contributed by atoms with Gasteiger partial charge in [0.05, 0.1) is 0 Å². The molecule has 0 spiro atoms. The van der Waals surface area contributed by atoms with Crippen LogP contribution < -0.4 is 0 Å². The molecule has 2 N–H and O–H groups in total. The molecule has 0 fully saturated rings. The van der Waals surface area contributed by atoms with E-state index < -0.39 is 21.6 Å². The first-order chi connectivity index (χ1) is 11.0. The minimum absolute atomic E-state index is 0.513. The Morgan fingerprint density at radius 3 is 2.00 bits per heavy atom. The molecule has 0 amide bonds. The lowest BCUT2D eigenvalue weighted by Gasteiger charge is -2.10. The van der Waals surface area contributed by atoms with Crippen molar-refractivity contribution in [2.24, 2.45) is 0 Å². The number of carboxylic acids is 1. The smallest absolute Gasteiger partial charge is 0.478 e. The van der Waals surface area contributed by atoms with Gasteiger partial charge in [-0.2, -0.15) is 21.6 Å². The predicted octanol–water partition coefficient (Wildman–Crippen LogP) is 3.70. The van der Waals surface area contributed by atoms with Gasteiger partial charge in [-0.25, -0.2) is 4.79 Å². The molecule has 1 rings (SSSR count). The van der Waals surface area contributed by atoms with Crippen LogP contribution in [0.4, 0.5) is 13.2 Å². The molecule has 0 aromatic heterocycles. The summed E-state index contributed by atoms with van der Waals surface area (Å²) in [6.45, 7) is 4.29. The van der Waals surface area contributed by atoms with E-state index in [1.54, 1.807) is 7.28 Å². The molecule has 0 bridgehead atoms. The second kappa shape index (κ2) is 9.88. The number of carboxylic acid groups (broad SMARTS) is 1. The van der Waals surface area contributed by atoms with E-state index in [0.29, 0.717) is 5.47 Å². The number of unbranched alkanes of at least 4 members (excludes halogenated alkanes) is 2. The molecule has 1 aliphatic heterocycles. The lowest BCUT2D eigenvalue weighted by atomic mass is 9.72. The summed E-state index contributed by atoms with van der Waals surface area (Å²) in [6.07, 6.45) is 6.40. The van der Waals surface area contributed by atoms with Gasteiger partial charge in [-0.1, -0.05) is 32.3 Å². The normalized spacial score (nSPS) is 14.7. The number of halogens is 3. The molecular weight excluding hydrogens is 348 g/mol. The first-order valence-corrected chi connectivity index (χ1v) is 8.94. The van der Waals surface area contributed by atoms with Gasteiger partial charge in [-0.15, -0.1) is 5.98 Å². The van der Waals surface area contributed by atoms with E-state index in [4.69, 9.17) is 18.1 Å². The van der Waals surface area contributed by atoms with Crippen molar-refractivity contribution in [2.75, 3.05) is 0 Å². The molecule has 0 saturated heterocycles. The number of hydrogen-bond acceptors (Lipinski definition) is 3. The zero-order chi connectivity index (χ0) is 19.0. The molecule has 24 heavy (non-hydrogen) atoms. The van der Waals surface area contributed by atoms with Crippen LogP contribution >= 0.6 is 0 Å². The molecule has 10 heteroatoms. The van der Waals surface area contributed by atoms with Crippen molar-refractivity contribution in [1.29, 1.82) is 0 Å². The zero-order valence-corrected chi connectivity index (χ0v) is 14.4. The average Bonchev–Trinajstić information content (AvgIpc) is 2.84. The van der Waals surface area contributed by atoms with Crippen LogP contribution in [-0.4, -0.2) is 36.8 Å². The summed E-state index contributed by atoms with van der Waals surface area (Å²) in [7, 11) is -4.08. The minimum Gasteiger partial charge on any atom is -0.478 e. The van der Waals surface area contributed by atoms with Crippen LogP contribution in [-0.2, 0) is 14.9 Å². The van der Waals surface area contributed by atoms with Crippen molar-refractivity contribution in [3.63, 3.8) is 0 Å². The average molecular weight is 369 g/mol. The van der Waals surface area contributed by atoms with Crippen molar-refractivity contribution >= 4 is 23.4 Å². The van der Waals surface area contributed by atoms with Crippen LogP contribution in [0.2, 0.25) is 0 Å². The van der Waals surface area contributed by atoms with E-state index >= 15 is 0 Å². The Labute approximate surface area is 140 Å². The Morgan fingerprint density at radius 1 is 1.17 bits per heavy atom. The summed E-state index contributed by atoms with van der Waals surface area (Å²) < 4.78 is 57.5. The highest BCUT2D eigenvalue weighted by Gasteiger charge is 2.44. The number of rotatable bonds is 7. The quantitative estimate of drug-likeness (QED) is 0.406. The highest BCUT2D eigenvalue weighted by molar-refractivity contribution is 7.86. The monoisotopic (exact) mass is 369 g/mol. The molecule has 1 radical (unpaired) electrons. The third kappa shape index (κ3) is 7.52. The van der Waals surface area contributed by atoms with Crippen LogP contribution in [0.5, 0.6) is 0 Å². The number of allylic oxidation sites excluding steroid dienone is 2. The molecule has 0 unspecified atom stereocenters. The van der Waals surface area contributed by atoms with Gasteiger partial charge in [-0.3, -0.25) is 4.55 Å². The number of hydrogen-bond donors (Lipinski definition) is 2. The third-order valence-electron chi connectivity index (χ3n) is 3.27. The molecule has 1 aliphatic rings. The summed E-state index contributed by atoms with van der Waals surface area (Å²) in [5.41, 5.74) is -2.71. The van der Waals surface area contributed by atoms with Gasteiger partial charge in [0.1, 0.15) is 0 Å². The lowest BCUT2D eigenvalue weighted by molar-refractivity contribution is -0.132. The van der Waals surface area contributed by atoms with Gasteiger partial charge >= 0.3 is 21.6 Å². The molecule has 0 aromatic carbocycles. The van der Waals surface area contributed by atoms with E-state index in [0.717, 1.165) is 44.1 Å². The van der Waals surface area contributed by atoms with Crippen LogP contribution in [0.25, 0.3) is 0 Å². The third-order valence-corrected chi connectivity index (χ3v) is 3.85. The summed E-state index contributed by atoms with van der Waals surface area (Å²) in [5, 5.41) is 9.10. The fraction of sp³-hybridized carbons (Fsp3) is 0.643. The van der Waals surface area contributed by atoms with Gasteiger partial charge in [0.25, 0.3) is 0 Å². The topological polar surface area (TPSA) is 91.7 Å². The summed E-state index contributed by atoms with van der Waals surface area (Å²) in [6, 6.07) is 0. The van der Waals surface area contributed by atoms with Crippen LogP contribution in [0.15, 0.2) is 22.6 Å². The minimum atomic E-state index is -5.84. The van der Waals surface area contributed by atoms with Gasteiger partial charge in [-0.05, 0) is 31.3 Å². The molecule has 1 heterocycles. The van der Waals surface area contributed by atoms with Crippen molar-refractivity contribution in [3.8, 4) is 0 Å². The summed E-state index contributed by atoms with van der Waals surface area (Å²) >= 11 is 0. The van der Waals surface area contributed by atoms with Gasteiger partial charge in [0, 0.05) is 5.47 Å². The van der Waals surface area contributed by atoms with E-state index in [1.165, 1.54) is 5.57 Å². The Kier molecular flexibility index (Phi) is 9.35. The largest absolute Gasteiger partial charge is 0.522 e. The SMILES string of the molecule is CCCCC1=C[B]C(C(=O)O)=C1CCCC.O=S(=O)(O)C(F)(F)F. The van der Waals surface area contributed by atoms with Crippen LogP contribution in [0.1, 0.15) is 52.4 Å². The van der Waals surface area contributed by atoms with Crippen molar-refractivity contribution < 1.29 is 36.0 Å². The second-order valence-corrected chi connectivity index (χ2v) is 6.60. The maximum atomic E-state index is 11.1. The fourth-order valence-electron chi connectivity index (χ4n) is 2.01. The highest BCUT2D eigenvalue weighted by Crippen LogP contribution is 2.29. The highest BCUT2D eigenvalue weighted by atomic mass is 32.2. The van der Waals surface area contributed by atoms with E-state index in [2.05, 4.69) is 13.8 Å². The second-order valence-electron chi connectivity index (χ2n) is 5.18. The zero-order valence-electron chi connectivity index (χ0n) is 13.6. The van der Waals surface area contributed by atoms with Crippen molar-refractivity contribution in [1.82, 2.24) is 0 Å². The molecule has 0 atom stereocenters. The van der Waals surface area contributed by atoms with Gasteiger partial charge in [0.15, 0.2) is 7.28 Å². The molecule has 137 valence electrons. The standard InChI is InChI=1S/C13H20BO2.CHF3O3S/c1-3-5-7-10-9-14-12(13(15)16)11(10)8-6-4-2;2-1(3,4)8(5,6)7/h9H,3-8H2,1-2H3,(H,15,16);(H,5,6,7). The first-order valence-electron chi connectivity index (χ1n) is 7.50. The molecular formula is C14H21BF3O5S. The summed E-state index contributed by atoms with van der Waals surface area (Å²) in [4.78, 5) is 11.1. The Hall–Kier alpha value is -1.29. The molecule has 0 aliphatic carbocycles. The van der Waals surface area contributed by atoms with Crippen molar-refractivity contribution in [3.05, 3.63) is 22.6 Å². The van der Waals surface area contributed by atoms with Gasteiger partial charge < -0.3 is 5.11 Å². The Morgan fingerprint density at radius 2 is 1.62 bits per heavy atom. The first kappa shape index (κ1) is 22.7. The summed E-state index contributed by atoms with van der Waals surface area (Å²) in [5.74, 6) is 1.21. The lowest BCUT2D eigenvalue weighted by Crippen LogP contribution is -2.21. The number of alkyl halides is 3. The maximum absolute atomic E-state index is 11.1. The van der Waals surface area contributed by atoms with E-state index in [9.17, 15) is 18.0 Å².